The van der Waals surface area contributed by atoms with Crippen molar-refractivity contribution in [3.63, 3.8) is 0 Å². The summed E-state index contributed by atoms with van der Waals surface area (Å²) in [5.41, 5.74) is 0. The van der Waals surface area contributed by atoms with Crippen LogP contribution in [-0.2, 0) is 11.4 Å². The van der Waals surface area contributed by atoms with Crippen molar-refractivity contribution in [1.82, 2.24) is 0 Å². The highest BCUT2D eigenvalue weighted by Gasteiger charge is 1.81. The molecule has 1 atom stereocenters. The smallest absolute Gasteiger partial charge is 0.124 e. The zero-order valence-electron chi connectivity index (χ0n) is 3.17. The Morgan fingerprint density at radius 1 is 2.00 bits per heavy atom. The molecule has 0 aromatic carbocycles. The fraction of sp³-hybridized carbons (Fsp3) is 0.500. The molecule has 0 spiro atoms. The summed E-state index contributed by atoms with van der Waals surface area (Å²) in [6, 6.07) is 0. The molecule has 1 unspecified atom stereocenters. The van der Waals surface area contributed by atoms with Crippen LogP contribution in [0.4, 0.5) is 0 Å². The third kappa shape index (κ3) is 4.11. The quantitative estimate of drug-likeness (QED) is 0.285. The van der Waals surface area contributed by atoms with E-state index in [0.29, 0.717) is 0 Å². The lowest BCUT2D eigenvalue weighted by Crippen LogP contribution is -1.86. The predicted molar refractivity (Wildman–Crippen MR) is 29.1 cm³/mol. The fourth-order valence-electron chi connectivity index (χ4n) is 0.0525. The normalized spacial score (nSPS) is 12.3. The molecule has 0 saturated heterocycles. The van der Waals surface area contributed by atoms with Crippen molar-refractivity contribution in [3.05, 3.63) is 0 Å². The summed E-state index contributed by atoms with van der Waals surface area (Å²) >= 11 is 2.96. The van der Waals surface area contributed by atoms with Crippen LogP contribution in [0.5, 0.6) is 0 Å². The molecule has 0 aliphatic carbocycles. The van der Waals surface area contributed by atoms with Gasteiger partial charge in [-0.2, -0.15) is 0 Å². The van der Waals surface area contributed by atoms with Gasteiger partial charge >= 0.3 is 0 Å². The topological polar surface area (TPSA) is 35.4 Å². The molecule has 0 aromatic rings. The minimum absolute atomic E-state index is 1.16. The molecule has 0 radical (unpaired) electrons. The van der Waals surface area contributed by atoms with Crippen molar-refractivity contribution < 1.29 is 4.55 Å². The average molecular weight is 121 g/mol. The maximum absolute atomic E-state index is 9.86. The zero-order chi connectivity index (χ0) is 4.99. The Balaban J connectivity index is 3.29. The second kappa shape index (κ2) is 3.31. The molecule has 0 amide bonds. The monoisotopic (exact) mass is 121 g/mol. The molecule has 0 heterocycles. The SMILES string of the molecule is C[S+]([O-])N=C=S. The summed E-state index contributed by atoms with van der Waals surface area (Å²) in [7, 11) is 0. The lowest BCUT2D eigenvalue weighted by molar-refractivity contribution is 0.603. The van der Waals surface area contributed by atoms with Crippen LogP contribution in [-0.4, -0.2) is 16.0 Å². The van der Waals surface area contributed by atoms with E-state index >= 15 is 0 Å². The van der Waals surface area contributed by atoms with Crippen molar-refractivity contribution in [1.29, 1.82) is 0 Å². The molecule has 6 heavy (non-hydrogen) atoms. The number of rotatable bonds is 1. The summed E-state index contributed by atoms with van der Waals surface area (Å²) < 4.78 is 13.0. The van der Waals surface area contributed by atoms with Crippen LogP contribution in [0.2, 0.25) is 0 Å². The molecule has 0 fully saturated rings. The van der Waals surface area contributed by atoms with E-state index in [4.69, 9.17) is 0 Å². The van der Waals surface area contributed by atoms with Gasteiger partial charge in [-0.3, -0.25) is 0 Å². The lowest BCUT2D eigenvalue weighted by atomic mass is 11.8. The Bertz CT molecular complexity index is 75.6. The number of hydrogen-bond donors (Lipinski definition) is 0. The van der Waals surface area contributed by atoms with Crippen LogP contribution < -0.4 is 0 Å². The molecule has 0 bridgehead atoms. The molecule has 0 aliphatic rings. The Morgan fingerprint density at radius 2 is 2.50 bits per heavy atom. The molecule has 0 rings (SSSR count). The number of hydrogen-bond acceptors (Lipinski definition) is 3. The Morgan fingerprint density at radius 3 is 2.50 bits per heavy atom. The second-order valence-electron chi connectivity index (χ2n) is 0.606. The van der Waals surface area contributed by atoms with Gasteiger partial charge in [-0.05, 0) is 16.6 Å². The van der Waals surface area contributed by atoms with E-state index in [1.165, 1.54) is 6.26 Å². The first-order chi connectivity index (χ1) is 2.77. The van der Waals surface area contributed by atoms with Crippen LogP contribution >= 0.6 is 12.2 Å². The van der Waals surface area contributed by atoms with Crippen molar-refractivity contribution in [2.75, 3.05) is 6.26 Å². The largest absolute Gasteiger partial charge is 0.591 e. The van der Waals surface area contributed by atoms with Crippen molar-refractivity contribution >= 4 is 28.7 Å². The number of nitrogens with zero attached hydrogens (tertiary/aromatic N) is 1. The van der Waals surface area contributed by atoms with Crippen LogP contribution in [0.3, 0.4) is 0 Å². The summed E-state index contributed by atoms with van der Waals surface area (Å²) in [5, 5.41) is 1.98. The molecular weight excluding hydrogens is 118 g/mol. The molecular formula is C2H3NOS2. The van der Waals surface area contributed by atoms with Crippen LogP contribution in [0.1, 0.15) is 0 Å². The van der Waals surface area contributed by atoms with E-state index in [1.54, 1.807) is 0 Å². The van der Waals surface area contributed by atoms with Gasteiger partial charge in [0.25, 0.3) is 0 Å². The van der Waals surface area contributed by atoms with Gasteiger partial charge in [0.1, 0.15) is 22.8 Å². The van der Waals surface area contributed by atoms with E-state index in [-0.39, 0.29) is 0 Å². The van der Waals surface area contributed by atoms with Gasteiger partial charge < -0.3 is 4.55 Å². The van der Waals surface area contributed by atoms with E-state index in [2.05, 4.69) is 16.6 Å². The molecule has 4 heteroatoms. The Hall–Kier alpha value is 0.110. The summed E-state index contributed by atoms with van der Waals surface area (Å²) in [4.78, 5) is 0. The maximum atomic E-state index is 9.86. The number of isothiocyanates is 1. The first-order valence-electron chi connectivity index (χ1n) is 1.19. The fourth-order valence-corrected chi connectivity index (χ4v) is 0.472. The van der Waals surface area contributed by atoms with Crippen molar-refractivity contribution in [2.45, 2.75) is 0 Å². The van der Waals surface area contributed by atoms with Gasteiger partial charge in [-0.1, -0.05) is 0 Å². The van der Waals surface area contributed by atoms with Gasteiger partial charge in [-0.15, -0.1) is 0 Å². The molecule has 34 valence electrons. The van der Waals surface area contributed by atoms with E-state index < -0.39 is 11.4 Å². The Labute approximate surface area is 44.6 Å². The molecule has 0 aromatic heterocycles. The van der Waals surface area contributed by atoms with Crippen LogP contribution in [0.25, 0.3) is 0 Å². The lowest BCUT2D eigenvalue weighted by Gasteiger charge is -1.85. The van der Waals surface area contributed by atoms with Gasteiger partial charge in [-0.25, -0.2) is 0 Å². The van der Waals surface area contributed by atoms with Gasteiger partial charge in [0.05, 0.1) is 0 Å². The van der Waals surface area contributed by atoms with Crippen molar-refractivity contribution in [2.24, 2.45) is 4.40 Å². The molecule has 2 nitrogen and oxygen atoms in total. The van der Waals surface area contributed by atoms with Gasteiger partial charge in [0, 0.05) is 0 Å². The van der Waals surface area contributed by atoms with E-state index in [9.17, 15) is 4.55 Å². The third-order valence-electron chi connectivity index (χ3n) is 0.166. The summed E-state index contributed by atoms with van der Waals surface area (Å²) in [5.74, 6) is 0. The van der Waals surface area contributed by atoms with Gasteiger partial charge in [0.15, 0.2) is 0 Å². The highest BCUT2D eigenvalue weighted by atomic mass is 32.2. The Kier molecular flexibility index (Phi) is 3.37. The maximum Gasteiger partial charge on any atom is 0.124 e. The molecule has 0 N–H and O–H groups in total. The van der Waals surface area contributed by atoms with Crippen molar-refractivity contribution in [3.8, 4) is 0 Å². The highest BCUT2D eigenvalue weighted by Crippen LogP contribution is 1.77. The number of thiocarbonyl (C=S) groups is 1. The molecule has 0 saturated carbocycles. The van der Waals surface area contributed by atoms with Gasteiger partial charge in [0.2, 0.25) is 0 Å². The second-order valence-corrected chi connectivity index (χ2v) is 1.82. The zero-order valence-corrected chi connectivity index (χ0v) is 4.80. The first kappa shape index (κ1) is 6.11. The third-order valence-corrected chi connectivity index (χ3v) is 0.721. The minimum Gasteiger partial charge on any atom is -0.591 e. The standard InChI is InChI=1S/C2H3NOS2/c1-6(4)3-2-5/h1H3. The first-order valence-corrected chi connectivity index (χ1v) is 3.11. The summed E-state index contributed by atoms with van der Waals surface area (Å²) in [6.07, 6.45) is 1.43. The molecule has 0 aliphatic heterocycles. The van der Waals surface area contributed by atoms with Crippen LogP contribution in [0.15, 0.2) is 4.40 Å². The minimum atomic E-state index is -1.16. The highest BCUT2D eigenvalue weighted by molar-refractivity contribution is 7.90. The van der Waals surface area contributed by atoms with Crippen LogP contribution in [0, 0.1) is 0 Å². The predicted octanol–water partition coefficient (Wildman–Crippen LogP) is 0.383. The van der Waals surface area contributed by atoms with E-state index in [1.807, 2.05) is 5.16 Å². The van der Waals surface area contributed by atoms with E-state index in [0.717, 1.165) is 0 Å². The average Bonchev–Trinajstić information content (AvgIpc) is 1.35. The summed E-state index contributed by atoms with van der Waals surface area (Å²) in [6.45, 7) is 0.